The highest BCUT2D eigenvalue weighted by molar-refractivity contribution is 7.92. The van der Waals surface area contributed by atoms with E-state index >= 15 is 0 Å². The molecule has 9 nitrogen and oxygen atoms in total. The number of rotatable bonds is 8. The second kappa shape index (κ2) is 10.8. The van der Waals surface area contributed by atoms with E-state index in [1.165, 1.54) is 6.20 Å². The van der Waals surface area contributed by atoms with Crippen molar-refractivity contribution >= 4 is 39.5 Å². The van der Waals surface area contributed by atoms with Crippen LogP contribution >= 0.6 is 7.14 Å². The molecule has 198 valence electrons. The molecule has 37 heavy (non-hydrogen) atoms. The highest BCUT2D eigenvalue weighted by Gasteiger charge is 2.31. The van der Waals surface area contributed by atoms with Gasteiger partial charge in [-0.2, -0.15) is 5.10 Å². The Balaban J connectivity index is 1.76. The number of nitrogen functional groups attached to an aromatic ring is 1. The molecule has 1 saturated heterocycles. The molecule has 0 bridgehead atoms. The monoisotopic (exact) mass is 543 g/mol. The van der Waals surface area contributed by atoms with Crippen LogP contribution in [0.3, 0.4) is 0 Å². The number of nitrogens with zero attached hydrogens (tertiary/aromatic N) is 3. The van der Waals surface area contributed by atoms with E-state index in [0.717, 1.165) is 24.9 Å². The number of aromatic nitrogens is 2. The number of nitrogens with one attached hydrogen (secondary N) is 1. The summed E-state index contributed by atoms with van der Waals surface area (Å²) in [5.41, 5.74) is 8.35. The van der Waals surface area contributed by atoms with Gasteiger partial charge in [-0.15, -0.1) is 5.10 Å². The van der Waals surface area contributed by atoms with E-state index in [-0.39, 0.29) is 10.7 Å². The van der Waals surface area contributed by atoms with Gasteiger partial charge in [-0.25, -0.2) is 8.42 Å². The Morgan fingerprint density at radius 1 is 1.14 bits per heavy atom. The van der Waals surface area contributed by atoms with E-state index in [9.17, 15) is 13.0 Å². The number of hydrogen-bond donors (Lipinski definition) is 2. The van der Waals surface area contributed by atoms with Crippen molar-refractivity contribution in [3.8, 4) is 16.9 Å². The zero-order valence-electron chi connectivity index (χ0n) is 21.6. The lowest BCUT2D eigenvalue weighted by atomic mass is 10.0. The van der Waals surface area contributed by atoms with Gasteiger partial charge in [-0.1, -0.05) is 25.1 Å². The van der Waals surface area contributed by atoms with Crippen molar-refractivity contribution in [3.63, 3.8) is 0 Å². The van der Waals surface area contributed by atoms with E-state index < -0.39 is 22.2 Å². The molecular weight excluding hydrogens is 509 g/mol. The number of anilines is 3. The van der Waals surface area contributed by atoms with Crippen LogP contribution in [0.1, 0.15) is 20.8 Å². The van der Waals surface area contributed by atoms with Crippen molar-refractivity contribution in [2.45, 2.75) is 30.9 Å². The summed E-state index contributed by atoms with van der Waals surface area (Å²) in [7, 11) is -4.54. The minimum Gasteiger partial charge on any atom is -0.496 e. The summed E-state index contributed by atoms with van der Waals surface area (Å²) in [5.74, 6) is 0.666. The molecule has 1 aromatic heterocycles. The summed E-state index contributed by atoms with van der Waals surface area (Å²) in [6.07, 6.45) is 2.77. The fourth-order valence-corrected chi connectivity index (χ4v) is 8.39. The normalized spacial score (nSPS) is 16.0. The fraction of sp³-hybridized carbons (Fsp3) is 0.385. The van der Waals surface area contributed by atoms with Gasteiger partial charge >= 0.3 is 0 Å². The maximum Gasteiger partial charge on any atom is 0.182 e. The molecule has 11 heteroatoms. The van der Waals surface area contributed by atoms with Crippen molar-refractivity contribution in [3.05, 3.63) is 48.7 Å². The van der Waals surface area contributed by atoms with Crippen LogP contribution in [0.4, 0.5) is 17.2 Å². The molecule has 2 aromatic carbocycles. The minimum absolute atomic E-state index is 0.156. The Morgan fingerprint density at radius 3 is 2.49 bits per heavy atom. The van der Waals surface area contributed by atoms with Crippen LogP contribution in [0.15, 0.2) is 53.6 Å². The van der Waals surface area contributed by atoms with Gasteiger partial charge in [-0.3, -0.25) is 0 Å². The Kier molecular flexibility index (Phi) is 7.92. The maximum absolute atomic E-state index is 13.8. The highest BCUT2D eigenvalue weighted by atomic mass is 32.2. The molecule has 0 aliphatic carbocycles. The molecule has 0 saturated carbocycles. The molecule has 0 amide bonds. The van der Waals surface area contributed by atoms with E-state index in [1.807, 2.05) is 18.2 Å². The van der Waals surface area contributed by atoms with Crippen LogP contribution in [0.25, 0.3) is 11.1 Å². The lowest BCUT2D eigenvalue weighted by Gasteiger charge is -2.31. The molecule has 1 aliphatic heterocycles. The van der Waals surface area contributed by atoms with Crippen molar-refractivity contribution in [1.82, 2.24) is 15.1 Å². The SMILES string of the molecule is CCN1CCP(=O)(c2ccc(-c3c(Nc4ccccc4S(=O)(=O)C(C)C)cnnc3N)c(OC)c2)CC1. The molecule has 3 N–H and O–H groups in total. The second-order valence-corrected chi connectivity index (χ2v) is 15.1. The first kappa shape index (κ1) is 27.1. The highest BCUT2D eigenvalue weighted by Crippen LogP contribution is 2.48. The van der Waals surface area contributed by atoms with Crippen LogP contribution in [-0.4, -0.2) is 67.8 Å². The third-order valence-electron chi connectivity index (χ3n) is 6.89. The lowest BCUT2D eigenvalue weighted by Crippen LogP contribution is -2.36. The average Bonchev–Trinajstić information content (AvgIpc) is 2.89. The third kappa shape index (κ3) is 5.37. The Bertz CT molecular complexity index is 1430. The number of para-hydroxylation sites is 1. The summed E-state index contributed by atoms with van der Waals surface area (Å²) in [5, 5.41) is 11.4. The van der Waals surface area contributed by atoms with Crippen molar-refractivity contribution in [2.24, 2.45) is 0 Å². The van der Waals surface area contributed by atoms with Crippen LogP contribution in [0.5, 0.6) is 5.75 Å². The number of sulfone groups is 1. The summed E-state index contributed by atoms with van der Waals surface area (Å²) in [6, 6.07) is 12.3. The Hall–Kier alpha value is -2.94. The molecule has 0 unspecified atom stereocenters. The minimum atomic E-state index is -3.55. The van der Waals surface area contributed by atoms with Crippen molar-refractivity contribution in [2.75, 3.05) is 50.1 Å². The summed E-state index contributed by atoms with van der Waals surface area (Å²) in [6.45, 7) is 7.98. The molecule has 4 rings (SSSR count). The Morgan fingerprint density at radius 2 is 1.84 bits per heavy atom. The van der Waals surface area contributed by atoms with Gasteiger partial charge in [0.05, 0.1) is 40.4 Å². The van der Waals surface area contributed by atoms with Crippen LogP contribution in [-0.2, 0) is 14.4 Å². The van der Waals surface area contributed by atoms with Gasteiger partial charge in [0, 0.05) is 36.3 Å². The predicted octanol–water partition coefficient (Wildman–Crippen LogP) is 3.98. The first-order valence-corrected chi connectivity index (χ1v) is 15.9. The smallest absolute Gasteiger partial charge is 0.182 e. The quantitative estimate of drug-likeness (QED) is 0.406. The molecule has 0 atom stereocenters. The number of benzene rings is 2. The van der Waals surface area contributed by atoms with E-state index in [0.29, 0.717) is 40.6 Å². The van der Waals surface area contributed by atoms with Crippen molar-refractivity contribution < 1.29 is 17.7 Å². The van der Waals surface area contributed by atoms with Crippen LogP contribution in [0, 0.1) is 0 Å². The largest absolute Gasteiger partial charge is 0.496 e. The topological polar surface area (TPSA) is 128 Å². The van der Waals surface area contributed by atoms with Gasteiger partial charge in [0.15, 0.2) is 15.7 Å². The zero-order chi connectivity index (χ0) is 26.8. The van der Waals surface area contributed by atoms with Crippen LogP contribution < -0.4 is 21.1 Å². The van der Waals surface area contributed by atoms with Gasteiger partial charge < -0.3 is 25.3 Å². The predicted molar refractivity (Wildman–Crippen MR) is 150 cm³/mol. The molecule has 1 aliphatic rings. The molecule has 0 spiro atoms. The number of nitrogens with two attached hydrogens (primary N) is 1. The first-order valence-electron chi connectivity index (χ1n) is 12.3. The lowest BCUT2D eigenvalue weighted by molar-refractivity contribution is 0.312. The number of hydrogen-bond acceptors (Lipinski definition) is 9. The second-order valence-electron chi connectivity index (χ2n) is 9.39. The fourth-order valence-electron chi connectivity index (χ4n) is 4.54. The van der Waals surface area contributed by atoms with Gasteiger partial charge in [0.1, 0.15) is 12.9 Å². The van der Waals surface area contributed by atoms with E-state index in [4.69, 9.17) is 10.5 Å². The maximum atomic E-state index is 13.8. The Labute approximate surface area is 218 Å². The van der Waals surface area contributed by atoms with Gasteiger partial charge in [-0.05, 0) is 44.7 Å². The van der Waals surface area contributed by atoms with Gasteiger partial charge in [0.2, 0.25) is 0 Å². The standard InChI is InChI=1S/C26H34N5O4PS/c1-5-31-12-14-36(32,15-13-31)19-10-11-20(23(16-19)35-4)25-22(17-28-30-26(25)27)29-21-8-6-7-9-24(21)37(33,34)18(2)3/h6-11,16-18H,5,12-15H2,1-4H3,(H3,27,29,30). The summed E-state index contributed by atoms with van der Waals surface area (Å²) in [4.78, 5) is 2.49. The average molecular weight is 544 g/mol. The molecule has 2 heterocycles. The number of ether oxygens (including phenoxy) is 1. The number of methoxy groups -OCH3 is 1. The molecular formula is C26H34N5O4PS. The van der Waals surface area contributed by atoms with Crippen molar-refractivity contribution in [1.29, 1.82) is 0 Å². The first-order chi connectivity index (χ1) is 17.6. The molecule has 1 fully saturated rings. The molecule has 0 radical (unpaired) electrons. The summed E-state index contributed by atoms with van der Waals surface area (Å²) >= 11 is 0. The third-order valence-corrected chi connectivity index (χ3v) is 12.2. The van der Waals surface area contributed by atoms with E-state index in [1.54, 1.807) is 45.2 Å². The van der Waals surface area contributed by atoms with Gasteiger partial charge in [0.25, 0.3) is 0 Å². The van der Waals surface area contributed by atoms with Crippen LogP contribution in [0.2, 0.25) is 0 Å². The van der Waals surface area contributed by atoms with E-state index in [2.05, 4.69) is 27.3 Å². The summed E-state index contributed by atoms with van der Waals surface area (Å²) < 4.78 is 45.5. The molecule has 3 aromatic rings. The zero-order valence-corrected chi connectivity index (χ0v) is 23.4.